The zero-order valence-electron chi connectivity index (χ0n) is 10.6. The Morgan fingerprint density at radius 3 is 2.95 bits per heavy atom. The summed E-state index contributed by atoms with van der Waals surface area (Å²) in [4.78, 5) is 19.9. The highest BCUT2D eigenvalue weighted by atomic mass is 16.5. The maximum atomic E-state index is 11.8. The van der Waals surface area contributed by atoms with Gasteiger partial charge in [-0.15, -0.1) is 0 Å². The molecule has 2 aromatic rings. The lowest BCUT2D eigenvalue weighted by Gasteiger charge is -2.06. The molecule has 8 heteroatoms. The molecule has 0 fully saturated rings. The van der Waals surface area contributed by atoms with Gasteiger partial charge in [-0.25, -0.2) is 4.98 Å². The molecule has 19 heavy (non-hydrogen) atoms. The number of nitrogens with two attached hydrogens (primary N) is 1. The number of anilines is 2. The van der Waals surface area contributed by atoms with Crippen molar-refractivity contribution in [3.8, 4) is 5.88 Å². The molecule has 0 aromatic carbocycles. The van der Waals surface area contributed by atoms with Crippen LogP contribution >= 0.6 is 0 Å². The Morgan fingerprint density at radius 2 is 2.32 bits per heavy atom. The van der Waals surface area contributed by atoms with Gasteiger partial charge in [0.15, 0.2) is 0 Å². The van der Waals surface area contributed by atoms with Gasteiger partial charge in [-0.2, -0.15) is 10.1 Å². The number of carbonyl (C=O) groups excluding carboxylic acids is 1. The molecule has 100 valence electrons. The summed E-state index contributed by atoms with van der Waals surface area (Å²) in [6.45, 7) is 1.82. The van der Waals surface area contributed by atoms with Crippen molar-refractivity contribution in [1.82, 2.24) is 19.7 Å². The molecule has 8 nitrogen and oxygen atoms in total. The zero-order chi connectivity index (χ0) is 13.8. The summed E-state index contributed by atoms with van der Waals surface area (Å²) >= 11 is 0. The molecule has 2 aromatic heterocycles. The lowest BCUT2D eigenvalue weighted by Crippen LogP contribution is -2.20. The van der Waals surface area contributed by atoms with Crippen LogP contribution in [0, 0.1) is 6.92 Å². The molecule has 0 aliphatic rings. The van der Waals surface area contributed by atoms with Crippen LogP contribution in [0.1, 0.15) is 5.69 Å². The summed E-state index contributed by atoms with van der Waals surface area (Å²) < 4.78 is 6.43. The van der Waals surface area contributed by atoms with Gasteiger partial charge < -0.3 is 10.5 Å². The van der Waals surface area contributed by atoms with Crippen molar-refractivity contribution in [3.05, 3.63) is 24.0 Å². The zero-order valence-corrected chi connectivity index (χ0v) is 10.6. The van der Waals surface area contributed by atoms with Crippen LogP contribution in [0.2, 0.25) is 0 Å². The smallest absolute Gasteiger partial charge is 0.248 e. The number of amides is 1. The predicted molar refractivity (Wildman–Crippen MR) is 68.6 cm³/mol. The van der Waals surface area contributed by atoms with E-state index in [9.17, 15) is 4.79 Å². The van der Waals surface area contributed by atoms with E-state index in [-0.39, 0.29) is 18.4 Å². The summed E-state index contributed by atoms with van der Waals surface area (Å²) in [6, 6.07) is 3.28. The van der Waals surface area contributed by atoms with Gasteiger partial charge in [0.2, 0.25) is 17.7 Å². The number of rotatable bonds is 4. The third-order valence-electron chi connectivity index (χ3n) is 2.26. The Labute approximate surface area is 109 Å². The number of methoxy groups -OCH3 is 1. The number of nitrogen functional groups attached to an aromatic ring is 1. The van der Waals surface area contributed by atoms with Gasteiger partial charge in [-0.1, -0.05) is 0 Å². The summed E-state index contributed by atoms with van der Waals surface area (Å²) in [5.74, 6) is 0.658. The van der Waals surface area contributed by atoms with E-state index in [2.05, 4.69) is 20.4 Å². The molecule has 2 rings (SSSR count). The second-order valence-electron chi connectivity index (χ2n) is 3.86. The second kappa shape index (κ2) is 5.34. The van der Waals surface area contributed by atoms with Crippen LogP contribution in [-0.2, 0) is 11.3 Å². The maximum absolute atomic E-state index is 11.8. The monoisotopic (exact) mass is 262 g/mol. The van der Waals surface area contributed by atoms with Crippen molar-refractivity contribution < 1.29 is 9.53 Å². The van der Waals surface area contributed by atoms with Crippen molar-refractivity contribution in [3.63, 3.8) is 0 Å². The number of aromatic nitrogens is 4. The van der Waals surface area contributed by atoms with Gasteiger partial charge in [0, 0.05) is 18.0 Å². The highest BCUT2D eigenvalue weighted by Gasteiger charge is 2.08. The number of ether oxygens (including phenoxy) is 1. The van der Waals surface area contributed by atoms with Crippen LogP contribution in [0.4, 0.5) is 11.8 Å². The van der Waals surface area contributed by atoms with Gasteiger partial charge in [-0.3, -0.25) is 14.8 Å². The quantitative estimate of drug-likeness (QED) is 0.815. The number of hydrogen-bond acceptors (Lipinski definition) is 6. The molecule has 2 heterocycles. The maximum Gasteiger partial charge on any atom is 0.248 e. The van der Waals surface area contributed by atoms with E-state index in [4.69, 9.17) is 10.5 Å². The van der Waals surface area contributed by atoms with E-state index in [0.29, 0.717) is 17.4 Å². The first-order valence-electron chi connectivity index (χ1n) is 5.55. The van der Waals surface area contributed by atoms with Crippen LogP contribution in [0.5, 0.6) is 5.88 Å². The Bertz CT molecular complexity index is 595. The van der Waals surface area contributed by atoms with Crippen LogP contribution in [-0.4, -0.2) is 32.8 Å². The Hall–Kier alpha value is -2.64. The van der Waals surface area contributed by atoms with Gasteiger partial charge in [0.05, 0.1) is 7.11 Å². The van der Waals surface area contributed by atoms with Crippen LogP contribution in [0.15, 0.2) is 18.3 Å². The van der Waals surface area contributed by atoms with Crippen molar-refractivity contribution in [2.75, 3.05) is 18.2 Å². The Morgan fingerprint density at radius 1 is 1.53 bits per heavy atom. The third-order valence-corrected chi connectivity index (χ3v) is 2.26. The average Bonchev–Trinajstić information content (AvgIpc) is 2.73. The average molecular weight is 262 g/mol. The van der Waals surface area contributed by atoms with Crippen molar-refractivity contribution in [1.29, 1.82) is 0 Å². The molecule has 0 atom stereocenters. The van der Waals surface area contributed by atoms with Crippen LogP contribution < -0.4 is 15.8 Å². The molecule has 3 N–H and O–H groups in total. The van der Waals surface area contributed by atoms with Gasteiger partial charge >= 0.3 is 0 Å². The van der Waals surface area contributed by atoms with Gasteiger partial charge in [0.1, 0.15) is 12.4 Å². The van der Waals surface area contributed by atoms with Crippen molar-refractivity contribution in [2.24, 2.45) is 0 Å². The predicted octanol–water partition coefficient (Wildman–Crippen LogP) is 0.211. The molecule has 0 aliphatic carbocycles. The summed E-state index contributed by atoms with van der Waals surface area (Å²) in [5.41, 5.74) is 6.16. The topological polar surface area (TPSA) is 108 Å². The first kappa shape index (κ1) is 12.8. The number of aryl methyl sites for hydroxylation is 1. The SMILES string of the molecule is COc1cc(C)nc(NC(=O)Cn2ccc(N)n2)n1. The lowest BCUT2D eigenvalue weighted by molar-refractivity contribution is -0.116. The highest BCUT2D eigenvalue weighted by molar-refractivity contribution is 5.88. The number of hydrogen-bond donors (Lipinski definition) is 2. The van der Waals surface area contributed by atoms with E-state index >= 15 is 0 Å². The standard InChI is InChI=1S/C11H14N6O2/c1-7-5-10(19-2)15-11(13-7)14-9(18)6-17-4-3-8(12)16-17/h3-5H,6H2,1-2H3,(H2,12,16)(H,13,14,15,18). The first-order chi connectivity index (χ1) is 9.06. The highest BCUT2D eigenvalue weighted by Crippen LogP contribution is 2.11. The Balaban J connectivity index is 2.04. The minimum Gasteiger partial charge on any atom is -0.481 e. The molecule has 0 saturated heterocycles. The molecule has 1 amide bonds. The molecular weight excluding hydrogens is 248 g/mol. The first-order valence-corrected chi connectivity index (χ1v) is 5.55. The van der Waals surface area contributed by atoms with Gasteiger partial charge in [0.25, 0.3) is 0 Å². The third kappa shape index (κ3) is 3.41. The van der Waals surface area contributed by atoms with E-state index in [1.807, 2.05) is 0 Å². The number of nitrogens with one attached hydrogen (secondary N) is 1. The minimum atomic E-state index is -0.296. The molecule has 0 bridgehead atoms. The van der Waals surface area contributed by atoms with E-state index in [1.165, 1.54) is 11.8 Å². The van der Waals surface area contributed by atoms with E-state index in [0.717, 1.165) is 0 Å². The number of nitrogens with zero attached hydrogens (tertiary/aromatic N) is 4. The number of carbonyl (C=O) groups is 1. The molecule has 0 saturated carbocycles. The minimum absolute atomic E-state index is 0.0385. The second-order valence-corrected chi connectivity index (χ2v) is 3.86. The van der Waals surface area contributed by atoms with Crippen LogP contribution in [0.25, 0.3) is 0 Å². The summed E-state index contributed by atoms with van der Waals surface area (Å²) in [6.07, 6.45) is 1.62. The summed E-state index contributed by atoms with van der Waals surface area (Å²) in [5, 5.41) is 6.48. The molecule has 0 aliphatic heterocycles. The van der Waals surface area contributed by atoms with E-state index in [1.54, 1.807) is 25.3 Å². The summed E-state index contributed by atoms with van der Waals surface area (Å²) in [7, 11) is 1.50. The fourth-order valence-electron chi connectivity index (χ4n) is 1.48. The molecular formula is C11H14N6O2. The molecule has 0 spiro atoms. The molecule has 0 radical (unpaired) electrons. The lowest BCUT2D eigenvalue weighted by atomic mass is 10.4. The van der Waals surface area contributed by atoms with E-state index < -0.39 is 0 Å². The van der Waals surface area contributed by atoms with Gasteiger partial charge in [-0.05, 0) is 13.0 Å². The van der Waals surface area contributed by atoms with Crippen molar-refractivity contribution >= 4 is 17.7 Å². The van der Waals surface area contributed by atoms with Crippen molar-refractivity contribution in [2.45, 2.75) is 13.5 Å². The Kier molecular flexibility index (Phi) is 3.60. The fourth-order valence-corrected chi connectivity index (χ4v) is 1.48. The fraction of sp³-hybridized carbons (Fsp3) is 0.273. The normalized spacial score (nSPS) is 10.2. The van der Waals surface area contributed by atoms with Crippen LogP contribution in [0.3, 0.4) is 0 Å². The molecule has 0 unspecified atom stereocenters. The largest absolute Gasteiger partial charge is 0.481 e.